The Bertz CT molecular complexity index is 1200. The second kappa shape index (κ2) is 11.7. The second-order valence-electron chi connectivity index (χ2n) is 6.99. The van der Waals surface area contributed by atoms with Crippen LogP contribution in [0, 0.1) is 0 Å². The maximum atomic E-state index is 12.2. The molecule has 0 radical (unpaired) electrons. The van der Waals surface area contributed by atoms with E-state index in [1.54, 1.807) is 11.8 Å². The lowest BCUT2D eigenvalue weighted by atomic mass is 10.0. The molecule has 0 unspecified atom stereocenters. The Labute approximate surface area is 205 Å². The van der Waals surface area contributed by atoms with Gasteiger partial charge >= 0.3 is 0 Å². The van der Waals surface area contributed by atoms with Crippen LogP contribution in [0.5, 0.6) is 0 Å². The lowest BCUT2D eigenvalue weighted by Crippen LogP contribution is -2.37. The third-order valence-electron chi connectivity index (χ3n) is 4.61. The monoisotopic (exact) mass is 490 g/mol. The molecule has 0 aliphatic rings. The van der Waals surface area contributed by atoms with Gasteiger partial charge in [-0.15, -0.1) is 10.2 Å². The summed E-state index contributed by atoms with van der Waals surface area (Å²) >= 11 is 4.52. The summed E-state index contributed by atoms with van der Waals surface area (Å²) in [6, 6.07) is 28.5. The Morgan fingerprint density at radius 3 is 2.09 bits per heavy atom. The molecular weight excluding hydrogens is 469 g/mol. The van der Waals surface area contributed by atoms with Crippen LogP contribution in [-0.4, -0.2) is 21.9 Å². The number of nitrogens with one attached hydrogen (secondary N) is 2. The van der Waals surface area contributed by atoms with Crippen LogP contribution >= 0.6 is 34.9 Å². The van der Waals surface area contributed by atoms with Crippen LogP contribution in [-0.2, 0) is 10.5 Å². The average molecular weight is 491 g/mol. The molecule has 0 bridgehead atoms. The van der Waals surface area contributed by atoms with Gasteiger partial charge in [-0.05, 0) is 22.3 Å². The van der Waals surface area contributed by atoms with Gasteiger partial charge in [0.25, 0.3) is 0 Å². The quantitative estimate of drug-likeness (QED) is 0.214. The molecule has 0 spiro atoms. The number of rotatable bonds is 10. The van der Waals surface area contributed by atoms with E-state index < -0.39 is 0 Å². The highest BCUT2D eigenvalue weighted by Gasteiger charge is 2.09. The highest BCUT2D eigenvalue weighted by atomic mass is 32.2. The van der Waals surface area contributed by atoms with Crippen LogP contribution in [0.25, 0.3) is 16.8 Å². The van der Waals surface area contributed by atoms with E-state index in [2.05, 4.69) is 51.9 Å². The second-order valence-corrected chi connectivity index (χ2v) is 10.4. The molecule has 0 aliphatic carbocycles. The minimum Gasteiger partial charge on any atom is -0.299 e. The molecule has 4 rings (SSSR count). The molecule has 8 heteroatoms. The topological polar surface area (TPSA) is 66.9 Å². The lowest BCUT2D eigenvalue weighted by Gasteiger charge is -2.11. The van der Waals surface area contributed by atoms with Gasteiger partial charge in [-0.25, -0.2) is 0 Å². The first-order chi connectivity index (χ1) is 16.2. The van der Waals surface area contributed by atoms with Crippen molar-refractivity contribution in [1.29, 1.82) is 0 Å². The summed E-state index contributed by atoms with van der Waals surface area (Å²) in [5, 5.41) is 8.37. The highest BCUT2D eigenvalue weighted by Crippen LogP contribution is 2.30. The van der Waals surface area contributed by atoms with Crippen LogP contribution in [0.4, 0.5) is 0 Å². The van der Waals surface area contributed by atoms with Crippen LogP contribution in [0.1, 0.15) is 11.1 Å². The normalized spacial score (nSPS) is 10.5. The summed E-state index contributed by atoms with van der Waals surface area (Å²) in [6.45, 7) is 4.01. The van der Waals surface area contributed by atoms with E-state index in [4.69, 9.17) is 0 Å². The average Bonchev–Trinajstić information content (AvgIpc) is 3.34. The highest BCUT2D eigenvalue weighted by molar-refractivity contribution is 8.03. The molecule has 0 atom stereocenters. The zero-order valence-electron chi connectivity index (χ0n) is 17.7. The van der Waals surface area contributed by atoms with Crippen molar-refractivity contribution >= 4 is 46.5 Å². The van der Waals surface area contributed by atoms with Crippen molar-refractivity contribution < 1.29 is 4.79 Å². The molecule has 33 heavy (non-hydrogen) atoms. The van der Waals surface area contributed by atoms with E-state index in [0.717, 1.165) is 31.1 Å². The van der Waals surface area contributed by atoms with Gasteiger partial charge in [0.2, 0.25) is 5.91 Å². The number of carbonyl (C=O) groups excluding carboxylic acids is 1. The van der Waals surface area contributed by atoms with Gasteiger partial charge in [0, 0.05) is 5.75 Å². The van der Waals surface area contributed by atoms with Gasteiger partial charge in [0.1, 0.15) is 0 Å². The fourth-order valence-electron chi connectivity index (χ4n) is 2.91. The molecule has 3 aromatic carbocycles. The Morgan fingerprint density at radius 1 is 0.788 bits per heavy atom. The van der Waals surface area contributed by atoms with Crippen LogP contribution in [0.2, 0.25) is 0 Å². The van der Waals surface area contributed by atoms with Gasteiger partial charge in [-0.1, -0.05) is 126 Å². The minimum atomic E-state index is -0.157. The third kappa shape index (κ3) is 6.95. The predicted octanol–water partition coefficient (Wildman–Crippen LogP) is 5.88. The van der Waals surface area contributed by atoms with Gasteiger partial charge in [0.05, 0.1) is 11.4 Å². The summed E-state index contributed by atoms with van der Waals surface area (Å²) in [6.07, 6.45) is 0. The first kappa shape index (κ1) is 23.1. The van der Waals surface area contributed by atoms with Crippen molar-refractivity contribution in [2.24, 2.45) is 0 Å². The molecule has 0 saturated heterocycles. The summed E-state index contributed by atoms with van der Waals surface area (Å²) in [5.74, 6) is 0.931. The zero-order valence-corrected chi connectivity index (χ0v) is 20.2. The Balaban J connectivity index is 1.19. The van der Waals surface area contributed by atoms with Crippen LogP contribution in [0.3, 0.4) is 0 Å². The van der Waals surface area contributed by atoms with E-state index in [0.29, 0.717) is 5.70 Å². The number of aromatic nitrogens is 2. The molecule has 1 heterocycles. The van der Waals surface area contributed by atoms with Crippen molar-refractivity contribution in [3.63, 3.8) is 0 Å². The first-order valence-corrected chi connectivity index (χ1v) is 13.0. The SMILES string of the molecule is C=C(NNC(=O)CSc1nnc(SCc2ccccc2)s1)c1ccc(-c2ccccc2)cc1. The molecule has 0 aliphatic heterocycles. The van der Waals surface area contributed by atoms with Crippen molar-refractivity contribution in [3.8, 4) is 11.1 Å². The molecule has 1 aromatic heterocycles. The molecule has 166 valence electrons. The fourth-order valence-corrected chi connectivity index (χ4v) is 5.68. The van der Waals surface area contributed by atoms with E-state index in [1.165, 1.54) is 28.7 Å². The molecule has 0 saturated carbocycles. The van der Waals surface area contributed by atoms with Crippen LogP contribution in [0.15, 0.2) is 100 Å². The van der Waals surface area contributed by atoms with E-state index in [1.807, 2.05) is 60.7 Å². The van der Waals surface area contributed by atoms with E-state index in [9.17, 15) is 4.79 Å². The van der Waals surface area contributed by atoms with Crippen molar-refractivity contribution in [2.75, 3.05) is 5.75 Å². The molecule has 1 amide bonds. The maximum absolute atomic E-state index is 12.2. The molecule has 4 aromatic rings. The van der Waals surface area contributed by atoms with Gasteiger partial charge in [-0.3, -0.25) is 15.6 Å². The standard InChI is InChI=1S/C25H22N4OS3/c1-18(20-12-14-22(15-13-20)21-10-6-3-7-11-21)26-27-23(30)17-32-25-29-28-24(33-25)31-16-19-8-4-2-5-9-19/h2-15,26H,1,16-17H2,(H,27,30). The summed E-state index contributed by atoms with van der Waals surface area (Å²) in [7, 11) is 0. The fraction of sp³-hybridized carbons (Fsp3) is 0.0800. The predicted molar refractivity (Wildman–Crippen MR) is 139 cm³/mol. The largest absolute Gasteiger partial charge is 0.299 e. The van der Waals surface area contributed by atoms with E-state index in [-0.39, 0.29) is 11.7 Å². The van der Waals surface area contributed by atoms with Crippen molar-refractivity contribution in [1.82, 2.24) is 21.0 Å². The number of nitrogens with zero attached hydrogens (tertiary/aromatic N) is 2. The maximum Gasteiger partial charge on any atom is 0.248 e. The Hall–Kier alpha value is -3.07. The van der Waals surface area contributed by atoms with Gasteiger partial charge in [0.15, 0.2) is 8.68 Å². The third-order valence-corrected chi connectivity index (χ3v) is 7.87. The number of thioether (sulfide) groups is 2. The summed E-state index contributed by atoms with van der Waals surface area (Å²) in [5.41, 5.74) is 10.7. The number of carbonyl (C=O) groups is 1. The summed E-state index contributed by atoms with van der Waals surface area (Å²) in [4.78, 5) is 12.2. The number of hydrogen-bond acceptors (Lipinski definition) is 7. The number of hydrazine groups is 1. The minimum absolute atomic E-state index is 0.157. The van der Waals surface area contributed by atoms with Crippen molar-refractivity contribution in [2.45, 2.75) is 14.4 Å². The van der Waals surface area contributed by atoms with Gasteiger partial charge in [-0.2, -0.15) is 0 Å². The lowest BCUT2D eigenvalue weighted by molar-refractivity contribution is -0.119. The number of hydrogen-bond donors (Lipinski definition) is 2. The van der Waals surface area contributed by atoms with Gasteiger partial charge < -0.3 is 0 Å². The Morgan fingerprint density at radius 2 is 1.39 bits per heavy atom. The van der Waals surface area contributed by atoms with E-state index >= 15 is 0 Å². The molecular formula is C25H22N4OS3. The molecule has 0 fully saturated rings. The van der Waals surface area contributed by atoms with Crippen LogP contribution < -0.4 is 10.9 Å². The molecule has 2 N–H and O–H groups in total. The summed E-state index contributed by atoms with van der Waals surface area (Å²) < 4.78 is 1.67. The zero-order chi connectivity index (χ0) is 22.9. The molecule has 5 nitrogen and oxygen atoms in total. The number of amides is 1. The smallest absolute Gasteiger partial charge is 0.248 e. The first-order valence-electron chi connectivity index (χ1n) is 10.2. The van der Waals surface area contributed by atoms with Crippen molar-refractivity contribution in [3.05, 3.63) is 103 Å². The Kier molecular flexibility index (Phi) is 8.19. The number of benzene rings is 3.